The molecule has 15 aromatic rings. The lowest BCUT2D eigenvalue weighted by molar-refractivity contribution is 1.29. The van der Waals surface area contributed by atoms with Crippen molar-refractivity contribution in [2.75, 3.05) is 9.80 Å². The molecule has 0 N–H and O–H groups in total. The Kier molecular flexibility index (Phi) is 8.99. The van der Waals surface area contributed by atoms with E-state index in [1.807, 2.05) is 0 Å². The largest absolute Gasteiger partial charge is 0.310 e. The molecule has 0 heterocycles. The van der Waals surface area contributed by atoms with E-state index in [0.717, 1.165) is 34.1 Å². The van der Waals surface area contributed by atoms with Crippen molar-refractivity contribution in [1.82, 2.24) is 0 Å². The smallest absolute Gasteiger partial charge is 0.0546 e. The fourth-order valence-electron chi connectivity index (χ4n) is 11.9. The van der Waals surface area contributed by atoms with Gasteiger partial charge in [-0.25, -0.2) is 0 Å². The van der Waals surface area contributed by atoms with Crippen LogP contribution < -0.4 is 9.80 Å². The molecular weight excluding hydrogens is 869 g/mol. The monoisotopic (exact) mass is 912 g/mol. The summed E-state index contributed by atoms with van der Waals surface area (Å²) in [6.45, 7) is 0. The third-order valence-electron chi connectivity index (χ3n) is 15.2. The first-order valence-corrected chi connectivity index (χ1v) is 24.9. The first-order chi connectivity index (χ1) is 35.7. The molecule has 0 radical (unpaired) electrons. The second kappa shape index (κ2) is 16.0. The van der Waals surface area contributed by atoms with Crippen molar-refractivity contribution < 1.29 is 0 Å². The molecule has 0 aromatic heterocycles. The van der Waals surface area contributed by atoms with Gasteiger partial charge in [-0.1, -0.05) is 170 Å². The van der Waals surface area contributed by atoms with Crippen LogP contribution in [0.5, 0.6) is 0 Å². The Hall–Kier alpha value is -9.50. The van der Waals surface area contributed by atoms with E-state index in [9.17, 15) is 0 Å². The minimum atomic E-state index is 1.10. The van der Waals surface area contributed by atoms with Crippen LogP contribution in [0.25, 0.3) is 108 Å². The Balaban J connectivity index is 1.04. The highest BCUT2D eigenvalue weighted by molar-refractivity contribution is 6.26. The van der Waals surface area contributed by atoms with E-state index in [-0.39, 0.29) is 0 Å². The summed E-state index contributed by atoms with van der Waals surface area (Å²) in [4.78, 5) is 4.88. The van der Waals surface area contributed by atoms with Crippen LogP contribution in [0.4, 0.5) is 34.1 Å². The number of hydrogen-bond acceptors (Lipinski definition) is 2. The number of rotatable bonds is 8. The quantitative estimate of drug-likeness (QED) is 0.140. The molecule has 0 unspecified atom stereocenters. The van der Waals surface area contributed by atoms with E-state index in [2.05, 4.69) is 277 Å². The second-order valence-corrected chi connectivity index (χ2v) is 19.3. The van der Waals surface area contributed by atoms with Gasteiger partial charge in [0.2, 0.25) is 0 Å². The van der Waals surface area contributed by atoms with Crippen molar-refractivity contribution in [3.05, 3.63) is 267 Å². The van der Waals surface area contributed by atoms with E-state index < -0.39 is 0 Å². The van der Waals surface area contributed by atoms with Crippen LogP contribution >= 0.6 is 0 Å². The fraction of sp³-hybridized carbons (Fsp3) is 0. The summed E-state index contributed by atoms with van der Waals surface area (Å²) in [5.41, 5.74) is 11.3. The van der Waals surface area contributed by atoms with Crippen LogP contribution in [-0.2, 0) is 0 Å². The highest BCUT2D eigenvalue weighted by atomic mass is 15.2. The van der Waals surface area contributed by atoms with Crippen molar-refractivity contribution in [2.45, 2.75) is 0 Å². The van der Waals surface area contributed by atoms with E-state index in [1.54, 1.807) is 0 Å². The third kappa shape index (κ3) is 6.36. The lowest BCUT2D eigenvalue weighted by atomic mass is 9.88. The summed E-state index contributed by atoms with van der Waals surface area (Å²) in [5.74, 6) is 0. The van der Waals surface area contributed by atoms with Crippen LogP contribution in [0.15, 0.2) is 267 Å². The molecular formula is C70H44N2. The molecule has 0 aliphatic carbocycles. The maximum Gasteiger partial charge on any atom is 0.0546 e. The van der Waals surface area contributed by atoms with Crippen LogP contribution in [0.2, 0.25) is 0 Å². The Labute approximate surface area is 417 Å². The predicted molar refractivity (Wildman–Crippen MR) is 309 cm³/mol. The molecule has 72 heavy (non-hydrogen) atoms. The lowest BCUT2D eigenvalue weighted by Crippen LogP contribution is -2.12. The summed E-state index contributed by atoms with van der Waals surface area (Å²) in [7, 11) is 0. The molecule has 0 amide bonds. The first-order valence-electron chi connectivity index (χ1n) is 24.9. The molecule has 15 aromatic carbocycles. The molecule has 0 spiro atoms. The Morgan fingerprint density at radius 1 is 0.194 bits per heavy atom. The van der Waals surface area contributed by atoms with Crippen molar-refractivity contribution in [2.24, 2.45) is 0 Å². The SMILES string of the molecule is c1ccc(N(c2ccccc2)c2cc3c(ccc4cc(-c5cc6ccc7cccc8ccc(c5)c6c78)c(N(c5ccccc5)c5ccccc5)cc43)cc2-c2cc3ccc4cccc5ccc(c2)c3c45)cc1. The van der Waals surface area contributed by atoms with Crippen LogP contribution in [0.3, 0.4) is 0 Å². The topological polar surface area (TPSA) is 6.48 Å². The zero-order valence-electron chi connectivity index (χ0n) is 39.3. The van der Waals surface area contributed by atoms with Gasteiger partial charge in [0.15, 0.2) is 0 Å². The van der Waals surface area contributed by atoms with E-state index in [0.29, 0.717) is 0 Å². The highest BCUT2D eigenvalue weighted by Gasteiger charge is 2.24. The van der Waals surface area contributed by atoms with Gasteiger partial charge in [0, 0.05) is 33.9 Å². The Morgan fingerprint density at radius 2 is 0.458 bits per heavy atom. The Bertz CT molecular complexity index is 4050. The van der Waals surface area contributed by atoms with Gasteiger partial charge in [0.1, 0.15) is 0 Å². The van der Waals surface area contributed by atoms with Crippen LogP contribution in [0, 0.1) is 0 Å². The average molecular weight is 913 g/mol. The zero-order valence-corrected chi connectivity index (χ0v) is 39.3. The van der Waals surface area contributed by atoms with Crippen LogP contribution in [0.1, 0.15) is 0 Å². The number of para-hydroxylation sites is 4. The number of nitrogens with zero attached hydrogens (tertiary/aromatic N) is 2. The number of hydrogen-bond donors (Lipinski definition) is 0. The van der Waals surface area contributed by atoms with Gasteiger partial charge >= 0.3 is 0 Å². The molecule has 0 bridgehead atoms. The predicted octanol–water partition coefficient (Wildman–Crippen LogP) is 20.1. The van der Waals surface area contributed by atoms with Crippen molar-refractivity contribution in [3.8, 4) is 22.3 Å². The first kappa shape index (κ1) is 40.4. The molecule has 0 aliphatic heterocycles. The number of fused-ring (bicyclic) bond motifs is 3. The molecule has 0 saturated carbocycles. The van der Waals surface area contributed by atoms with Gasteiger partial charge in [-0.2, -0.15) is 0 Å². The van der Waals surface area contributed by atoms with Crippen molar-refractivity contribution >= 4 is 120 Å². The summed E-state index contributed by atoms with van der Waals surface area (Å²) in [6, 6.07) is 99.0. The number of anilines is 6. The summed E-state index contributed by atoms with van der Waals surface area (Å²) in [5, 5.41) is 20.1. The highest BCUT2D eigenvalue weighted by Crippen LogP contribution is 2.50. The number of benzene rings is 15. The molecule has 0 aliphatic rings. The third-order valence-corrected chi connectivity index (χ3v) is 15.2. The molecule has 15 rings (SSSR count). The van der Waals surface area contributed by atoms with E-state index in [1.165, 1.54) is 108 Å². The molecule has 334 valence electrons. The van der Waals surface area contributed by atoms with Gasteiger partial charge in [0.25, 0.3) is 0 Å². The molecule has 0 atom stereocenters. The van der Waals surface area contributed by atoms with E-state index >= 15 is 0 Å². The lowest BCUT2D eigenvalue weighted by Gasteiger charge is -2.30. The van der Waals surface area contributed by atoms with Gasteiger partial charge in [-0.15, -0.1) is 0 Å². The average Bonchev–Trinajstić information content (AvgIpc) is 3.44. The summed E-state index contributed by atoms with van der Waals surface area (Å²) >= 11 is 0. The Morgan fingerprint density at radius 3 is 0.764 bits per heavy atom. The van der Waals surface area contributed by atoms with Crippen molar-refractivity contribution in [3.63, 3.8) is 0 Å². The van der Waals surface area contributed by atoms with Crippen LogP contribution in [-0.4, -0.2) is 0 Å². The zero-order chi connectivity index (χ0) is 47.3. The van der Waals surface area contributed by atoms with Gasteiger partial charge in [-0.05, 0) is 194 Å². The summed E-state index contributed by atoms with van der Waals surface area (Å²) in [6.07, 6.45) is 0. The minimum absolute atomic E-state index is 1.10. The summed E-state index contributed by atoms with van der Waals surface area (Å²) < 4.78 is 0. The molecule has 2 heteroatoms. The molecule has 2 nitrogen and oxygen atoms in total. The molecule has 0 fully saturated rings. The van der Waals surface area contributed by atoms with Crippen molar-refractivity contribution in [1.29, 1.82) is 0 Å². The van der Waals surface area contributed by atoms with Gasteiger partial charge in [-0.3, -0.25) is 0 Å². The second-order valence-electron chi connectivity index (χ2n) is 19.3. The van der Waals surface area contributed by atoms with Gasteiger partial charge in [0.05, 0.1) is 11.4 Å². The minimum Gasteiger partial charge on any atom is -0.310 e. The molecule has 0 saturated heterocycles. The maximum absolute atomic E-state index is 2.46. The maximum atomic E-state index is 2.46. The standard InChI is InChI=1S/C70H44N2/c1-5-19-57(20-6-1)71(58-21-7-2-8-22-58)65-43-61-49(41-63(65)55-37-51-33-27-45-15-13-16-46-28-34-52(38-55)69(51)67(45)46)31-32-50-42-64(56-39-53-35-29-47-17-14-18-48-30-36-54(40-56)70(53)68(47)48)66(44-62(50)61)72(59-23-9-3-10-24-59)60-25-11-4-12-26-60/h1-44H. The van der Waals surface area contributed by atoms with Gasteiger partial charge < -0.3 is 9.80 Å². The fourth-order valence-corrected chi connectivity index (χ4v) is 11.9. The normalized spacial score (nSPS) is 11.9. The van der Waals surface area contributed by atoms with E-state index in [4.69, 9.17) is 0 Å².